The zero-order valence-electron chi connectivity index (χ0n) is 10.8. The number of Topliss-reactive ketones (excluding diaryl/α,β-unsaturated/α-hetero) is 1. The first-order valence-electron chi connectivity index (χ1n) is 5.98. The van der Waals surface area contributed by atoms with Crippen molar-refractivity contribution in [1.29, 1.82) is 0 Å². The van der Waals surface area contributed by atoms with Crippen LogP contribution in [0.1, 0.15) is 15.9 Å². The Hall–Kier alpha value is -2.14. The van der Waals surface area contributed by atoms with Gasteiger partial charge in [0.25, 0.3) is 0 Å². The topological polar surface area (TPSA) is 115 Å². The first-order valence-corrected chi connectivity index (χ1v) is 7.59. The highest BCUT2D eigenvalue weighted by atomic mass is 31.2. The average Bonchev–Trinajstić information content (AvgIpc) is 2.40. The van der Waals surface area contributed by atoms with Crippen LogP contribution in [0.4, 0.5) is 0 Å². The van der Waals surface area contributed by atoms with E-state index in [9.17, 15) is 29.4 Å². The molecule has 0 radical (unpaired) electrons. The average molecular weight is 308 g/mol. The highest BCUT2D eigenvalue weighted by Crippen LogP contribution is 2.37. The van der Waals surface area contributed by atoms with Crippen LogP contribution in [0.5, 0.6) is 11.5 Å². The largest absolute Gasteiger partial charge is 0.508 e. The molecule has 0 atom stereocenters. The van der Waals surface area contributed by atoms with E-state index in [0.29, 0.717) is 5.56 Å². The van der Waals surface area contributed by atoms with Crippen LogP contribution in [0, 0.1) is 0 Å². The maximum absolute atomic E-state index is 12.2. The number of phenols is 2. The van der Waals surface area contributed by atoms with Crippen LogP contribution in [0.25, 0.3) is 0 Å². The molecular formula is C14H13O6P. The van der Waals surface area contributed by atoms with Gasteiger partial charge in [0.1, 0.15) is 11.5 Å². The SMILES string of the molecule is O=C(Cc1ccc(O)cc1)c1c(O)cccc1P(=O)(O)O. The number of aromatic hydroxyl groups is 2. The van der Waals surface area contributed by atoms with Gasteiger partial charge in [-0.2, -0.15) is 0 Å². The normalized spacial score (nSPS) is 11.3. The minimum Gasteiger partial charge on any atom is -0.508 e. The molecule has 0 unspecified atom stereocenters. The molecule has 21 heavy (non-hydrogen) atoms. The van der Waals surface area contributed by atoms with Gasteiger partial charge in [0.05, 0.1) is 10.9 Å². The zero-order chi connectivity index (χ0) is 15.6. The van der Waals surface area contributed by atoms with Gasteiger partial charge in [0.15, 0.2) is 5.78 Å². The van der Waals surface area contributed by atoms with Gasteiger partial charge in [0, 0.05) is 6.42 Å². The van der Waals surface area contributed by atoms with Crippen molar-refractivity contribution in [3.05, 3.63) is 53.6 Å². The molecule has 110 valence electrons. The second kappa shape index (κ2) is 5.69. The molecule has 0 saturated heterocycles. The Labute approximate surface area is 120 Å². The second-order valence-electron chi connectivity index (χ2n) is 4.48. The zero-order valence-corrected chi connectivity index (χ0v) is 11.7. The smallest absolute Gasteiger partial charge is 0.357 e. The predicted octanol–water partition coefficient (Wildman–Crippen LogP) is 1.33. The van der Waals surface area contributed by atoms with E-state index in [2.05, 4.69) is 0 Å². The molecule has 4 N–H and O–H groups in total. The lowest BCUT2D eigenvalue weighted by Gasteiger charge is -2.11. The van der Waals surface area contributed by atoms with Crippen molar-refractivity contribution in [1.82, 2.24) is 0 Å². The maximum atomic E-state index is 12.2. The van der Waals surface area contributed by atoms with E-state index in [1.54, 1.807) is 0 Å². The Kier molecular flexibility index (Phi) is 4.14. The Balaban J connectivity index is 2.39. The molecule has 0 aromatic heterocycles. The summed E-state index contributed by atoms with van der Waals surface area (Å²) in [5, 5.41) is 18.4. The highest BCUT2D eigenvalue weighted by molar-refractivity contribution is 7.60. The minimum absolute atomic E-state index is 0.0460. The molecule has 0 aliphatic rings. The Morgan fingerprint density at radius 2 is 1.62 bits per heavy atom. The number of carbonyl (C=O) groups excluding carboxylic acids is 1. The molecule has 0 saturated carbocycles. The van der Waals surface area contributed by atoms with Crippen molar-refractivity contribution in [3.8, 4) is 11.5 Å². The van der Waals surface area contributed by atoms with E-state index in [-0.39, 0.29) is 17.7 Å². The molecule has 0 spiro atoms. The molecule has 6 nitrogen and oxygen atoms in total. The fourth-order valence-corrected chi connectivity index (χ4v) is 2.76. The van der Waals surface area contributed by atoms with Gasteiger partial charge in [-0.25, -0.2) is 0 Å². The molecule has 0 amide bonds. The molecule has 0 bridgehead atoms. The van der Waals surface area contributed by atoms with Crippen LogP contribution in [0.2, 0.25) is 0 Å². The third-order valence-corrected chi connectivity index (χ3v) is 3.91. The fraction of sp³-hybridized carbons (Fsp3) is 0.0714. The number of rotatable bonds is 4. The van der Waals surface area contributed by atoms with Crippen LogP contribution in [0.15, 0.2) is 42.5 Å². The minimum atomic E-state index is -4.67. The molecule has 0 heterocycles. The van der Waals surface area contributed by atoms with E-state index < -0.39 is 24.4 Å². The summed E-state index contributed by atoms with van der Waals surface area (Å²) in [4.78, 5) is 30.7. The molecule has 0 aliphatic carbocycles. The van der Waals surface area contributed by atoms with Crippen LogP contribution >= 0.6 is 7.60 Å². The Morgan fingerprint density at radius 1 is 1.00 bits per heavy atom. The van der Waals surface area contributed by atoms with Gasteiger partial charge in [0.2, 0.25) is 0 Å². The molecular weight excluding hydrogens is 295 g/mol. The molecule has 0 aliphatic heterocycles. The van der Waals surface area contributed by atoms with Crippen molar-refractivity contribution >= 4 is 18.7 Å². The van der Waals surface area contributed by atoms with E-state index >= 15 is 0 Å². The molecule has 2 aromatic rings. The summed E-state index contributed by atoms with van der Waals surface area (Å²) in [6.07, 6.45) is -0.148. The van der Waals surface area contributed by atoms with Gasteiger partial charge >= 0.3 is 7.60 Å². The standard InChI is InChI=1S/C14H13O6P/c15-10-6-4-9(5-7-10)8-12(17)14-11(16)2-1-3-13(14)21(18,19)20/h1-7,15-16H,8H2,(H2,18,19,20). The van der Waals surface area contributed by atoms with Crippen LogP contribution in [0.3, 0.4) is 0 Å². The lowest BCUT2D eigenvalue weighted by Crippen LogP contribution is -2.17. The number of hydrogen-bond donors (Lipinski definition) is 4. The van der Waals surface area contributed by atoms with Crippen molar-refractivity contribution < 1.29 is 29.4 Å². The predicted molar refractivity (Wildman–Crippen MR) is 75.9 cm³/mol. The van der Waals surface area contributed by atoms with Crippen LogP contribution < -0.4 is 5.30 Å². The van der Waals surface area contributed by atoms with Gasteiger partial charge < -0.3 is 20.0 Å². The van der Waals surface area contributed by atoms with Crippen molar-refractivity contribution in [3.63, 3.8) is 0 Å². The maximum Gasteiger partial charge on any atom is 0.357 e. The second-order valence-corrected chi connectivity index (χ2v) is 6.05. The molecule has 2 aromatic carbocycles. The molecule has 7 heteroatoms. The third-order valence-electron chi connectivity index (χ3n) is 2.91. The number of ketones is 1. The summed E-state index contributed by atoms with van der Waals surface area (Å²) in [5.41, 5.74) is 0.177. The first-order chi connectivity index (χ1) is 9.79. The first kappa shape index (κ1) is 15.3. The van der Waals surface area contributed by atoms with E-state index in [0.717, 1.165) is 6.07 Å². The van der Waals surface area contributed by atoms with Gasteiger partial charge in [-0.3, -0.25) is 9.36 Å². The van der Waals surface area contributed by atoms with Crippen molar-refractivity contribution in [2.45, 2.75) is 6.42 Å². The lowest BCUT2D eigenvalue weighted by atomic mass is 10.0. The number of benzene rings is 2. The molecule has 2 rings (SSSR count). The van der Waals surface area contributed by atoms with Crippen LogP contribution in [-0.2, 0) is 11.0 Å². The fourth-order valence-electron chi connectivity index (χ4n) is 1.94. The Morgan fingerprint density at radius 3 is 2.19 bits per heavy atom. The highest BCUT2D eigenvalue weighted by Gasteiger charge is 2.27. The summed E-state index contributed by atoms with van der Waals surface area (Å²) in [7, 11) is -4.67. The lowest BCUT2D eigenvalue weighted by molar-refractivity contribution is 0.0991. The number of hydrogen-bond acceptors (Lipinski definition) is 4. The van der Waals surface area contributed by atoms with E-state index in [1.165, 1.54) is 36.4 Å². The van der Waals surface area contributed by atoms with Crippen molar-refractivity contribution in [2.24, 2.45) is 0 Å². The summed E-state index contributed by atoms with van der Waals surface area (Å²) >= 11 is 0. The monoisotopic (exact) mass is 308 g/mol. The van der Waals surface area contributed by atoms with E-state index in [4.69, 9.17) is 0 Å². The third kappa shape index (κ3) is 3.49. The summed E-state index contributed by atoms with van der Waals surface area (Å²) in [6, 6.07) is 9.42. The van der Waals surface area contributed by atoms with Crippen LogP contribution in [-0.4, -0.2) is 25.8 Å². The van der Waals surface area contributed by atoms with Crippen molar-refractivity contribution in [2.75, 3.05) is 0 Å². The Bertz CT molecular complexity index is 717. The number of carbonyl (C=O) groups is 1. The van der Waals surface area contributed by atoms with Gasteiger partial charge in [-0.05, 0) is 29.8 Å². The quantitative estimate of drug-likeness (QED) is 0.500. The summed E-state index contributed by atoms with van der Waals surface area (Å²) in [5.74, 6) is -1.04. The van der Waals surface area contributed by atoms with E-state index in [1.807, 2.05) is 0 Å². The molecule has 0 fully saturated rings. The summed E-state index contributed by atoms with van der Waals surface area (Å²) < 4.78 is 11.4. The van der Waals surface area contributed by atoms with Gasteiger partial charge in [-0.15, -0.1) is 0 Å². The van der Waals surface area contributed by atoms with Gasteiger partial charge in [-0.1, -0.05) is 18.2 Å². The summed E-state index contributed by atoms with van der Waals surface area (Å²) in [6.45, 7) is 0. The number of phenolic OH excluding ortho intramolecular Hbond substituents is 2.